The predicted molar refractivity (Wildman–Crippen MR) is 101 cm³/mol. The Morgan fingerprint density at radius 1 is 1.31 bits per heavy atom. The summed E-state index contributed by atoms with van der Waals surface area (Å²) in [6.07, 6.45) is 2.50. The van der Waals surface area contributed by atoms with Crippen molar-refractivity contribution in [1.82, 2.24) is 0 Å². The van der Waals surface area contributed by atoms with Gasteiger partial charge in [-0.05, 0) is 48.9 Å². The van der Waals surface area contributed by atoms with Crippen LogP contribution in [0.25, 0.3) is 6.08 Å². The van der Waals surface area contributed by atoms with E-state index in [0.717, 1.165) is 5.56 Å². The standard InChI is InChI=1S/C19H17ClN2O4/c1-11-19(24)22-15-10-13(5-7-17(15)26-11)21-18(23)8-4-12-3-6-16(25-2)14(20)9-12/h3-11H,1-2H3,(H,21,23)(H,22,24)/b8-4+. The van der Waals surface area contributed by atoms with Crippen LogP contribution in [0.2, 0.25) is 5.02 Å². The molecule has 0 saturated carbocycles. The van der Waals surface area contributed by atoms with Crippen LogP contribution in [-0.4, -0.2) is 25.0 Å². The van der Waals surface area contributed by atoms with Gasteiger partial charge in [-0.1, -0.05) is 17.7 Å². The Morgan fingerprint density at radius 3 is 2.85 bits per heavy atom. The van der Waals surface area contributed by atoms with Crippen LogP contribution in [0.15, 0.2) is 42.5 Å². The molecular formula is C19H17ClN2O4. The van der Waals surface area contributed by atoms with Crippen LogP contribution >= 0.6 is 11.6 Å². The van der Waals surface area contributed by atoms with Crippen molar-refractivity contribution in [3.05, 3.63) is 53.1 Å². The lowest BCUT2D eigenvalue weighted by molar-refractivity contribution is -0.122. The van der Waals surface area contributed by atoms with Gasteiger partial charge in [0.05, 0.1) is 17.8 Å². The summed E-state index contributed by atoms with van der Waals surface area (Å²) in [5.74, 6) is 0.602. The van der Waals surface area contributed by atoms with Crippen LogP contribution < -0.4 is 20.1 Å². The molecule has 1 unspecified atom stereocenters. The van der Waals surface area contributed by atoms with Crippen molar-refractivity contribution in [2.75, 3.05) is 17.7 Å². The molecule has 26 heavy (non-hydrogen) atoms. The zero-order chi connectivity index (χ0) is 18.7. The molecule has 0 aromatic heterocycles. The normalized spacial score (nSPS) is 15.8. The third kappa shape index (κ3) is 3.97. The van der Waals surface area contributed by atoms with Crippen LogP contribution in [0.1, 0.15) is 12.5 Å². The average molecular weight is 373 g/mol. The predicted octanol–water partition coefficient (Wildman–Crippen LogP) is 3.72. The van der Waals surface area contributed by atoms with Gasteiger partial charge in [0, 0.05) is 11.8 Å². The number of anilines is 2. The zero-order valence-corrected chi connectivity index (χ0v) is 15.0. The number of carbonyl (C=O) groups excluding carboxylic acids is 2. The van der Waals surface area contributed by atoms with Crippen molar-refractivity contribution in [3.8, 4) is 11.5 Å². The first-order valence-electron chi connectivity index (χ1n) is 7.90. The van der Waals surface area contributed by atoms with E-state index in [2.05, 4.69) is 10.6 Å². The zero-order valence-electron chi connectivity index (χ0n) is 14.2. The molecule has 1 atom stereocenters. The van der Waals surface area contributed by atoms with Gasteiger partial charge in [-0.15, -0.1) is 0 Å². The fourth-order valence-electron chi connectivity index (χ4n) is 2.43. The highest BCUT2D eigenvalue weighted by molar-refractivity contribution is 6.32. The van der Waals surface area contributed by atoms with Crippen LogP contribution in [0, 0.1) is 0 Å². The average Bonchev–Trinajstić information content (AvgIpc) is 2.61. The van der Waals surface area contributed by atoms with Gasteiger partial charge in [-0.25, -0.2) is 0 Å². The smallest absolute Gasteiger partial charge is 0.265 e. The first kappa shape index (κ1) is 17.8. The molecule has 0 aliphatic carbocycles. The Morgan fingerprint density at radius 2 is 2.12 bits per heavy atom. The van der Waals surface area contributed by atoms with Crippen LogP contribution in [0.5, 0.6) is 11.5 Å². The van der Waals surface area contributed by atoms with Crippen LogP contribution in [-0.2, 0) is 9.59 Å². The van der Waals surface area contributed by atoms with E-state index in [4.69, 9.17) is 21.1 Å². The molecule has 0 bridgehead atoms. The number of amides is 2. The van der Waals surface area contributed by atoms with E-state index in [9.17, 15) is 9.59 Å². The molecule has 134 valence electrons. The second-order valence-electron chi connectivity index (χ2n) is 5.68. The molecule has 0 spiro atoms. The van der Waals surface area contributed by atoms with Gasteiger partial charge < -0.3 is 20.1 Å². The number of ether oxygens (including phenoxy) is 2. The molecule has 1 heterocycles. The summed E-state index contributed by atoms with van der Waals surface area (Å²) in [6.45, 7) is 1.67. The van der Waals surface area contributed by atoms with Crippen LogP contribution in [0.4, 0.5) is 11.4 Å². The van der Waals surface area contributed by atoms with Crippen molar-refractivity contribution >= 4 is 40.9 Å². The van der Waals surface area contributed by atoms with Crippen molar-refractivity contribution in [1.29, 1.82) is 0 Å². The van der Waals surface area contributed by atoms with E-state index in [1.807, 2.05) is 0 Å². The summed E-state index contributed by atoms with van der Waals surface area (Å²) in [4.78, 5) is 23.8. The van der Waals surface area contributed by atoms with Gasteiger partial charge >= 0.3 is 0 Å². The van der Waals surface area contributed by atoms with Gasteiger partial charge in [0.25, 0.3) is 5.91 Å². The maximum Gasteiger partial charge on any atom is 0.265 e. The molecule has 2 aromatic rings. The summed E-state index contributed by atoms with van der Waals surface area (Å²) < 4.78 is 10.6. The van der Waals surface area contributed by atoms with Crippen molar-refractivity contribution in [2.45, 2.75) is 13.0 Å². The number of hydrogen-bond donors (Lipinski definition) is 2. The van der Waals surface area contributed by atoms with Crippen molar-refractivity contribution in [3.63, 3.8) is 0 Å². The number of fused-ring (bicyclic) bond motifs is 1. The van der Waals surface area contributed by atoms with Gasteiger partial charge in [0.15, 0.2) is 6.10 Å². The summed E-state index contributed by atoms with van der Waals surface area (Å²) >= 11 is 6.06. The van der Waals surface area contributed by atoms with Gasteiger partial charge in [0.1, 0.15) is 11.5 Å². The third-order valence-electron chi connectivity index (χ3n) is 3.78. The lowest BCUT2D eigenvalue weighted by atomic mass is 10.2. The molecule has 7 heteroatoms. The highest BCUT2D eigenvalue weighted by Crippen LogP contribution is 2.32. The highest BCUT2D eigenvalue weighted by atomic mass is 35.5. The highest BCUT2D eigenvalue weighted by Gasteiger charge is 2.23. The van der Waals surface area contributed by atoms with E-state index in [-0.39, 0.29) is 11.8 Å². The molecule has 2 amide bonds. The second kappa shape index (κ2) is 7.49. The number of rotatable bonds is 4. The Labute approximate surface area is 155 Å². The summed E-state index contributed by atoms with van der Waals surface area (Å²) in [5, 5.41) is 5.94. The third-order valence-corrected chi connectivity index (χ3v) is 4.08. The number of methoxy groups -OCH3 is 1. The maximum atomic E-state index is 12.1. The van der Waals surface area contributed by atoms with Crippen molar-refractivity contribution < 1.29 is 19.1 Å². The largest absolute Gasteiger partial charge is 0.495 e. The van der Waals surface area contributed by atoms with Crippen LogP contribution in [0.3, 0.4) is 0 Å². The van der Waals surface area contributed by atoms with Gasteiger partial charge in [0.2, 0.25) is 5.91 Å². The molecule has 0 saturated heterocycles. The first-order valence-corrected chi connectivity index (χ1v) is 8.28. The number of hydrogen-bond acceptors (Lipinski definition) is 4. The SMILES string of the molecule is COc1ccc(/C=C/C(=O)Nc2ccc3c(c2)NC(=O)C(C)O3)cc1Cl. The van der Waals surface area contributed by atoms with Gasteiger partial charge in [-0.3, -0.25) is 9.59 Å². The summed E-state index contributed by atoms with van der Waals surface area (Å²) in [5.41, 5.74) is 1.84. The minimum atomic E-state index is -0.540. The summed E-state index contributed by atoms with van der Waals surface area (Å²) in [6, 6.07) is 10.3. The minimum Gasteiger partial charge on any atom is -0.495 e. The van der Waals surface area contributed by atoms with E-state index >= 15 is 0 Å². The lowest BCUT2D eigenvalue weighted by Gasteiger charge is -2.23. The maximum absolute atomic E-state index is 12.1. The van der Waals surface area contributed by atoms with E-state index < -0.39 is 6.10 Å². The number of nitrogens with one attached hydrogen (secondary N) is 2. The molecule has 1 aliphatic rings. The fraction of sp³-hybridized carbons (Fsp3) is 0.158. The quantitative estimate of drug-likeness (QED) is 0.802. The first-order chi connectivity index (χ1) is 12.5. The Kier molecular flexibility index (Phi) is 5.14. The summed E-state index contributed by atoms with van der Waals surface area (Å²) in [7, 11) is 1.54. The monoisotopic (exact) mass is 372 g/mol. The van der Waals surface area contributed by atoms with Crippen molar-refractivity contribution in [2.24, 2.45) is 0 Å². The molecular weight excluding hydrogens is 356 g/mol. The van der Waals surface area contributed by atoms with Gasteiger partial charge in [-0.2, -0.15) is 0 Å². The number of benzene rings is 2. The number of carbonyl (C=O) groups is 2. The topological polar surface area (TPSA) is 76.7 Å². The number of halogens is 1. The Balaban J connectivity index is 1.68. The fourth-order valence-corrected chi connectivity index (χ4v) is 2.69. The minimum absolute atomic E-state index is 0.225. The second-order valence-corrected chi connectivity index (χ2v) is 6.08. The van der Waals surface area contributed by atoms with E-state index in [1.165, 1.54) is 13.2 Å². The molecule has 0 radical (unpaired) electrons. The molecule has 2 aromatic carbocycles. The molecule has 0 fully saturated rings. The Bertz CT molecular complexity index is 895. The molecule has 1 aliphatic heterocycles. The lowest BCUT2D eigenvalue weighted by Crippen LogP contribution is -2.34. The van der Waals surface area contributed by atoms with E-state index in [0.29, 0.717) is 27.9 Å². The molecule has 6 nitrogen and oxygen atoms in total. The molecule has 3 rings (SSSR count). The van der Waals surface area contributed by atoms with E-state index in [1.54, 1.807) is 49.4 Å². The molecule has 2 N–H and O–H groups in total. The Hall–Kier alpha value is -2.99.